The van der Waals surface area contributed by atoms with Gasteiger partial charge < -0.3 is 5.32 Å². The average Bonchev–Trinajstić information content (AvgIpc) is 3.19. The summed E-state index contributed by atoms with van der Waals surface area (Å²) in [5.74, 6) is 0.507. The molecule has 0 atom stereocenters. The maximum Gasteiger partial charge on any atom is 0.257 e. The summed E-state index contributed by atoms with van der Waals surface area (Å²) in [5, 5.41) is 6.31. The lowest BCUT2D eigenvalue weighted by molar-refractivity contribution is 0.102. The Kier molecular flexibility index (Phi) is 5.92. The molecule has 0 aliphatic carbocycles. The second kappa shape index (κ2) is 8.64. The van der Waals surface area contributed by atoms with E-state index in [9.17, 15) is 4.79 Å². The second-order valence-electron chi connectivity index (χ2n) is 8.59. The predicted octanol–water partition coefficient (Wildman–Crippen LogP) is 7.77. The molecule has 0 saturated carbocycles. The van der Waals surface area contributed by atoms with Crippen molar-refractivity contribution in [1.82, 2.24) is 4.98 Å². The monoisotopic (exact) mass is 428 g/mol. The number of rotatable bonds is 5. The molecule has 2 heterocycles. The highest BCUT2D eigenvalue weighted by atomic mass is 32.1. The van der Waals surface area contributed by atoms with E-state index < -0.39 is 0 Å². The molecule has 0 saturated heterocycles. The first-order valence-electron chi connectivity index (χ1n) is 10.7. The number of para-hydroxylation sites is 2. The van der Waals surface area contributed by atoms with Crippen molar-refractivity contribution in [2.75, 3.05) is 5.32 Å². The van der Waals surface area contributed by atoms with Crippen molar-refractivity contribution in [1.29, 1.82) is 0 Å². The zero-order valence-electron chi connectivity index (χ0n) is 18.7. The van der Waals surface area contributed by atoms with Gasteiger partial charge in [0.1, 0.15) is 0 Å². The van der Waals surface area contributed by atoms with Crippen molar-refractivity contribution in [2.45, 2.75) is 46.5 Å². The molecule has 4 rings (SSSR count). The first-order chi connectivity index (χ1) is 14.8. The fourth-order valence-electron chi connectivity index (χ4n) is 3.95. The Balaban J connectivity index is 1.79. The van der Waals surface area contributed by atoms with Crippen LogP contribution in [0.3, 0.4) is 0 Å². The van der Waals surface area contributed by atoms with E-state index in [0.29, 0.717) is 17.4 Å². The first kappa shape index (κ1) is 21.3. The number of thiophene rings is 1. The zero-order chi connectivity index (χ0) is 22.1. The molecule has 0 unspecified atom stereocenters. The van der Waals surface area contributed by atoms with Crippen molar-refractivity contribution >= 4 is 33.8 Å². The van der Waals surface area contributed by atoms with Gasteiger partial charge in [0.25, 0.3) is 5.91 Å². The highest BCUT2D eigenvalue weighted by Gasteiger charge is 2.19. The number of pyridine rings is 1. The summed E-state index contributed by atoms with van der Waals surface area (Å²) in [6, 6.07) is 18.3. The minimum atomic E-state index is -0.119. The number of aromatic nitrogens is 1. The number of carbonyl (C=O) groups excluding carboxylic acids is 1. The normalized spacial score (nSPS) is 11.5. The maximum absolute atomic E-state index is 13.5. The fraction of sp³-hybridized carbons (Fsp3) is 0.259. The van der Waals surface area contributed by atoms with Gasteiger partial charge in [0.05, 0.1) is 16.8 Å². The summed E-state index contributed by atoms with van der Waals surface area (Å²) in [7, 11) is 0. The largest absolute Gasteiger partial charge is 0.321 e. The van der Waals surface area contributed by atoms with Gasteiger partial charge in [-0.1, -0.05) is 64.1 Å². The zero-order valence-corrected chi connectivity index (χ0v) is 19.5. The van der Waals surface area contributed by atoms with Crippen LogP contribution in [0.25, 0.3) is 22.2 Å². The molecule has 0 fully saturated rings. The molecule has 1 N–H and O–H groups in total. The number of benzene rings is 2. The lowest BCUT2D eigenvalue weighted by Gasteiger charge is -2.20. The van der Waals surface area contributed by atoms with Crippen molar-refractivity contribution in [3.8, 4) is 11.3 Å². The number of nitrogens with one attached hydrogen (secondary N) is 1. The predicted molar refractivity (Wildman–Crippen MR) is 132 cm³/mol. The molecule has 31 heavy (non-hydrogen) atoms. The Bertz CT molecular complexity index is 1230. The molecule has 0 aliphatic heterocycles. The van der Waals surface area contributed by atoms with Gasteiger partial charge >= 0.3 is 0 Å². The van der Waals surface area contributed by atoms with Crippen LogP contribution in [-0.2, 0) is 0 Å². The highest BCUT2D eigenvalue weighted by molar-refractivity contribution is 7.10. The SMILES string of the molecule is Cc1cc(-c2ccc3cccc(C(=O)Nc4c(C(C)C)cccc4C(C)C)c3n2)cs1. The molecule has 4 heteroatoms. The minimum Gasteiger partial charge on any atom is -0.321 e. The van der Waals surface area contributed by atoms with E-state index in [4.69, 9.17) is 4.98 Å². The van der Waals surface area contributed by atoms with E-state index in [-0.39, 0.29) is 5.91 Å². The molecule has 0 aliphatic rings. The van der Waals surface area contributed by atoms with Gasteiger partial charge in [-0.15, -0.1) is 11.3 Å². The quantitative estimate of drug-likeness (QED) is 0.353. The van der Waals surface area contributed by atoms with Crippen LogP contribution in [0.2, 0.25) is 0 Å². The van der Waals surface area contributed by atoms with Crippen LogP contribution in [0.15, 0.2) is 60.0 Å². The Hall–Kier alpha value is -2.98. The van der Waals surface area contributed by atoms with E-state index >= 15 is 0 Å². The Morgan fingerprint density at radius 1 is 0.935 bits per heavy atom. The first-order valence-corrected chi connectivity index (χ1v) is 11.6. The molecule has 1 amide bonds. The van der Waals surface area contributed by atoms with Gasteiger partial charge in [-0.3, -0.25) is 4.79 Å². The summed E-state index contributed by atoms with van der Waals surface area (Å²) in [5.41, 5.74) is 6.55. The number of hydrogen-bond donors (Lipinski definition) is 1. The van der Waals surface area contributed by atoms with Crippen LogP contribution in [-0.4, -0.2) is 10.9 Å². The van der Waals surface area contributed by atoms with Gasteiger partial charge in [-0.2, -0.15) is 0 Å². The second-order valence-corrected chi connectivity index (χ2v) is 9.71. The van der Waals surface area contributed by atoms with Gasteiger partial charge in [-0.05, 0) is 48.1 Å². The maximum atomic E-state index is 13.5. The number of fused-ring (bicyclic) bond motifs is 1. The number of carbonyl (C=O) groups is 1. The van der Waals surface area contributed by atoms with Crippen LogP contribution >= 0.6 is 11.3 Å². The summed E-state index contributed by atoms with van der Waals surface area (Å²) >= 11 is 1.71. The Morgan fingerprint density at radius 2 is 1.61 bits per heavy atom. The van der Waals surface area contributed by atoms with Crippen LogP contribution in [0.1, 0.15) is 65.9 Å². The van der Waals surface area contributed by atoms with Gasteiger partial charge in [0.2, 0.25) is 0 Å². The van der Waals surface area contributed by atoms with E-state index in [1.807, 2.05) is 30.3 Å². The van der Waals surface area contributed by atoms with Crippen molar-refractivity contribution in [3.05, 3.63) is 81.5 Å². The average molecular weight is 429 g/mol. The van der Waals surface area contributed by atoms with Crippen LogP contribution in [0.4, 0.5) is 5.69 Å². The smallest absolute Gasteiger partial charge is 0.257 e. The van der Waals surface area contributed by atoms with Crippen LogP contribution < -0.4 is 5.32 Å². The summed E-state index contributed by atoms with van der Waals surface area (Å²) in [6.45, 7) is 10.7. The molecule has 3 nitrogen and oxygen atoms in total. The molecule has 0 bridgehead atoms. The van der Waals surface area contributed by atoms with Crippen molar-refractivity contribution in [3.63, 3.8) is 0 Å². The van der Waals surface area contributed by atoms with Crippen LogP contribution in [0.5, 0.6) is 0 Å². The third-order valence-corrected chi connectivity index (χ3v) is 6.46. The van der Waals surface area contributed by atoms with Gasteiger partial charge in [0.15, 0.2) is 0 Å². The number of nitrogens with zero attached hydrogens (tertiary/aromatic N) is 1. The molecular weight excluding hydrogens is 400 g/mol. The molecule has 158 valence electrons. The molecule has 2 aromatic carbocycles. The summed E-state index contributed by atoms with van der Waals surface area (Å²) in [6.07, 6.45) is 0. The Labute approximate surface area is 188 Å². The lowest BCUT2D eigenvalue weighted by Crippen LogP contribution is -2.16. The highest BCUT2D eigenvalue weighted by Crippen LogP contribution is 2.33. The van der Waals surface area contributed by atoms with Gasteiger partial charge in [0, 0.05) is 26.9 Å². The fourth-order valence-corrected chi connectivity index (χ4v) is 4.64. The Morgan fingerprint density at radius 3 is 2.23 bits per heavy atom. The molecule has 4 aromatic rings. The molecular formula is C27H28N2OS. The third kappa shape index (κ3) is 4.26. The number of aryl methyl sites for hydroxylation is 1. The third-order valence-electron chi connectivity index (χ3n) is 5.60. The molecule has 0 radical (unpaired) electrons. The summed E-state index contributed by atoms with van der Waals surface area (Å²) in [4.78, 5) is 19.6. The van der Waals surface area contributed by atoms with Crippen molar-refractivity contribution < 1.29 is 4.79 Å². The van der Waals surface area contributed by atoms with E-state index in [2.05, 4.69) is 69.6 Å². The van der Waals surface area contributed by atoms with Crippen LogP contribution in [0, 0.1) is 6.92 Å². The molecule has 0 spiro atoms. The lowest BCUT2D eigenvalue weighted by atomic mass is 9.92. The molecule has 2 aromatic heterocycles. The van der Waals surface area contributed by atoms with E-state index in [1.54, 1.807) is 11.3 Å². The van der Waals surface area contributed by atoms with Gasteiger partial charge in [-0.25, -0.2) is 4.98 Å². The van der Waals surface area contributed by atoms with E-state index in [0.717, 1.165) is 39.0 Å². The summed E-state index contributed by atoms with van der Waals surface area (Å²) < 4.78 is 0. The number of anilines is 1. The van der Waals surface area contributed by atoms with Crippen molar-refractivity contribution in [2.24, 2.45) is 0 Å². The topological polar surface area (TPSA) is 42.0 Å². The number of hydrogen-bond acceptors (Lipinski definition) is 3. The minimum absolute atomic E-state index is 0.119. The van der Waals surface area contributed by atoms with E-state index in [1.165, 1.54) is 4.88 Å². The standard InChI is InChI=1S/C27H28N2OS/c1-16(2)21-9-7-10-22(17(3)4)26(21)29-27(30)23-11-6-8-19-12-13-24(28-25(19)23)20-14-18(5)31-15-20/h6-17H,1-5H3,(H,29,30). The number of amides is 1.